The van der Waals surface area contributed by atoms with E-state index in [0.29, 0.717) is 42.6 Å². The number of nitrogens with zero attached hydrogens (tertiary/aromatic N) is 4. The molecule has 2 heterocycles. The maximum Gasteiger partial charge on any atom is 0.294 e. The van der Waals surface area contributed by atoms with Crippen LogP contribution in [0.4, 0.5) is 4.39 Å². The molecule has 0 radical (unpaired) electrons. The number of rotatable bonds is 5. The van der Waals surface area contributed by atoms with Gasteiger partial charge in [-0.1, -0.05) is 12.1 Å². The van der Waals surface area contributed by atoms with E-state index >= 15 is 0 Å². The molecule has 1 saturated heterocycles. The van der Waals surface area contributed by atoms with Crippen molar-refractivity contribution < 1.29 is 23.6 Å². The van der Waals surface area contributed by atoms with E-state index in [2.05, 4.69) is 4.90 Å². The number of fused-ring (bicyclic) bond motifs is 1. The van der Waals surface area contributed by atoms with Crippen LogP contribution in [-0.4, -0.2) is 82.5 Å². The van der Waals surface area contributed by atoms with Crippen molar-refractivity contribution in [3.8, 4) is 0 Å². The number of benzene rings is 2. The topological polar surface area (TPSA) is 82.9 Å². The van der Waals surface area contributed by atoms with Gasteiger partial charge in [0, 0.05) is 70.4 Å². The minimum Gasteiger partial charge on any atom is -0.342 e. The second-order valence-electron chi connectivity index (χ2n) is 9.40. The number of amides is 2. The quantitative estimate of drug-likeness (QED) is 0.404. The molecule has 1 aliphatic rings. The van der Waals surface area contributed by atoms with E-state index in [-0.39, 0.29) is 29.2 Å². The molecule has 2 aromatic carbocycles. The van der Waals surface area contributed by atoms with Gasteiger partial charge in [0.2, 0.25) is 11.7 Å². The van der Waals surface area contributed by atoms with Gasteiger partial charge in [-0.05, 0) is 42.8 Å². The Kier molecular flexibility index (Phi) is 7.03. The average Bonchev–Trinajstić information content (AvgIpc) is 3.23. The molecule has 0 spiro atoms. The number of aromatic nitrogens is 1. The van der Waals surface area contributed by atoms with Crippen LogP contribution in [0.2, 0.25) is 0 Å². The van der Waals surface area contributed by atoms with Crippen molar-refractivity contribution in [2.45, 2.75) is 26.4 Å². The second kappa shape index (κ2) is 10.0. The fourth-order valence-electron chi connectivity index (χ4n) is 4.61. The number of Topliss-reactive ketones (excluding diaryl/α,β-unsaturated/α-hetero) is 1. The summed E-state index contributed by atoms with van der Waals surface area (Å²) in [5.74, 6) is -2.13. The van der Waals surface area contributed by atoms with E-state index in [1.54, 1.807) is 23.1 Å². The summed E-state index contributed by atoms with van der Waals surface area (Å²) in [7, 11) is 2.99. The minimum atomic E-state index is -0.682. The summed E-state index contributed by atoms with van der Waals surface area (Å²) in [6, 6.07) is 10.9. The molecule has 2 amide bonds. The van der Waals surface area contributed by atoms with E-state index in [1.165, 1.54) is 60.9 Å². The van der Waals surface area contributed by atoms with Crippen LogP contribution in [0.3, 0.4) is 0 Å². The molecule has 4 rings (SSSR count). The number of ketones is 1. The van der Waals surface area contributed by atoms with E-state index in [4.69, 9.17) is 0 Å². The van der Waals surface area contributed by atoms with Crippen LogP contribution in [0.25, 0.3) is 10.9 Å². The molecule has 1 aromatic heterocycles. The number of carbonyl (C=O) groups excluding carboxylic acids is 4. The van der Waals surface area contributed by atoms with Crippen LogP contribution in [-0.2, 0) is 11.3 Å². The lowest BCUT2D eigenvalue weighted by Gasteiger charge is -2.40. The first-order chi connectivity index (χ1) is 17.1. The van der Waals surface area contributed by atoms with Crippen molar-refractivity contribution in [2.75, 3.05) is 33.7 Å². The molecule has 0 bridgehead atoms. The van der Waals surface area contributed by atoms with Crippen LogP contribution in [0, 0.1) is 5.82 Å². The molecule has 9 heteroatoms. The Bertz CT molecular complexity index is 1350. The normalized spacial score (nSPS) is 16.2. The number of carbonyl (C=O) groups is 4. The third-order valence-electron chi connectivity index (χ3n) is 6.53. The summed E-state index contributed by atoms with van der Waals surface area (Å²) in [5.41, 5.74) is 1.97. The van der Waals surface area contributed by atoms with Gasteiger partial charge < -0.3 is 9.80 Å². The Morgan fingerprint density at radius 2 is 1.72 bits per heavy atom. The van der Waals surface area contributed by atoms with E-state index in [0.717, 1.165) is 5.56 Å². The van der Waals surface area contributed by atoms with Crippen LogP contribution in [0.15, 0.2) is 48.7 Å². The minimum absolute atomic E-state index is 0.109. The zero-order valence-electron chi connectivity index (χ0n) is 20.8. The maximum atomic E-state index is 13.7. The highest BCUT2D eigenvalue weighted by Gasteiger charge is 2.31. The van der Waals surface area contributed by atoms with Gasteiger partial charge in [0.1, 0.15) is 5.82 Å². The molecule has 1 fully saturated rings. The highest BCUT2D eigenvalue weighted by atomic mass is 19.1. The zero-order chi connectivity index (χ0) is 26.1. The summed E-state index contributed by atoms with van der Waals surface area (Å²) < 4.78 is 14.6. The smallest absolute Gasteiger partial charge is 0.294 e. The van der Waals surface area contributed by atoms with Gasteiger partial charge in [-0.2, -0.15) is 0 Å². The van der Waals surface area contributed by atoms with Crippen molar-refractivity contribution in [3.63, 3.8) is 0 Å². The molecular formula is C27H29FN4O4. The summed E-state index contributed by atoms with van der Waals surface area (Å²) in [5, 5.41) is 0.452. The predicted molar refractivity (Wildman–Crippen MR) is 133 cm³/mol. The molecule has 0 aliphatic carbocycles. The van der Waals surface area contributed by atoms with Crippen LogP contribution >= 0.6 is 0 Å². The second-order valence-corrected chi connectivity index (χ2v) is 9.40. The van der Waals surface area contributed by atoms with Gasteiger partial charge in [0.15, 0.2) is 0 Å². The molecular weight excluding hydrogens is 463 g/mol. The first kappa shape index (κ1) is 25.2. The van der Waals surface area contributed by atoms with Crippen molar-refractivity contribution in [3.05, 3.63) is 71.2 Å². The van der Waals surface area contributed by atoms with Crippen LogP contribution < -0.4 is 0 Å². The van der Waals surface area contributed by atoms with Crippen LogP contribution in [0.5, 0.6) is 0 Å². The predicted octanol–water partition coefficient (Wildman–Crippen LogP) is 3.06. The fraction of sp³-hybridized carbons (Fsp3) is 0.333. The summed E-state index contributed by atoms with van der Waals surface area (Å²) in [6.45, 7) is 5.77. The Balaban J connectivity index is 1.60. The van der Waals surface area contributed by atoms with Gasteiger partial charge in [0.25, 0.3) is 11.8 Å². The lowest BCUT2D eigenvalue weighted by Crippen LogP contribution is -2.53. The van der Waals surface area contributed by atoms with E-state index in [1.807, 2.05) is 6.92 Å². The number of halogens is 1. The van der Waals surface area contributed by atoms with Gasteiger partial charge in [-0.3, -0.25) is 28.6 Å². The van der Waals surface area contributed by atoms with Crippen molar-refractivity contribution in [2.24, 2.45) is 0 Å². The van der Waals surface area contributed by atoms with E-state index < -0.39 is 11.7 Å². The summed E-state index contributed by atoms with van der Waals surface area (Å²) in [6.07, 6.45) is 1.51. The molecule has 0 N–H and O–H groups in total. The Morgan fingerprint density at radius 3 is 2.33 bits per heavy atom. The maximum absolute atomic E-state index is 13.7. The Morgan fingerprint density at radius 1 is 1.03 bits per heavy atom. The van der Waals surface area contributed by atoms with Gasteiger partial charge >= 0.3 is 0 Å². The highest BCUT2D eigenvalue weighted by molar-refractivity contribution is 6.43. The third kappa shape index (κ3) is 4.92. The number of piperazine rings is 1. The fourth-order valence-corrected chi connectivity index (χ4v) is 4.61. The largest absolute Gasteiger partial charge is 0.342 e. The number of likely N-dealkylation sites (N-methyl/N-ethyl adjacent to an activating group) is 1. The molecule has 1 atom stereocenters. The van der Waals surface area contributed by atoms with Crippen molar-refractivity contribution in [1.82, 2.24) is 19.3 Å². The van der Waals surface area contributed by atoms with Crippen LogP contribution in [0.1, 0.15) is 44.9 Å². The highest BCUT2D eigenvalue weighted by Crippen LogP contribution is 2.26. The SMILES string of the molecule is CC(=O)n1cc(C(=O)N2CCN(Cc3ccc(F)cc3)C[C@H]2C)c2cc(C(=O)C(=O)N(C)C)ccc21. The zero-order valence-corrected chi connectivity index (χ0v) is 20.8. The van der Waals surface area contributed by atoms with Gasteiger partial charge in [-0.15, -0.1) is 0 Å². The number of hydrogen-bond acceptors (Lipinski definition) is 5. The Hall–Kier alpha value is -3.85. The van der Waals surface area contributed by atoms with Gasteiger partial charge in [-0.25, -0.2) is 4.39 Å². The number of hydrogen-bond donors (Lipinski definition) is 0. The molecule has 0 unspecified atom stereocenters. The molecule has 36 heavy (non-hydrogen) atoms. The standard InChI is InChI=1S/C27H29FN4O4/c1-17-14-30(15-19-5-8-21(28)9-6-19)11-12-31(17)26(35)23-16-32(18(2)33)24-10-7-20(13-22(23)24)25(34)27(36)29(3)4/h5-10,13,16-17H,11-12,14-15H2,1-4H3/t17-/m1/s1. The van der Waals surface area contributed by atoms with E-state index in [9.17, 15) is 23.6 Å². The monoisotopic (exact) mass is 492 g/mol. The average molecular weight is 493 g/mol. The summed E-state index contributed by atoms with van der Waals surface area (Å²) >= 11 is 0. The lowest BCUT2D eigenvalue weighted by atomic mass is 10.0. The third-order valence-corrected chi connectivity index (χ3v) is 6.53. The Labute approximate surface area is 208 Å². The molecule has 0 saturated carbocycles. The van der Waals surface area contributed by atoms with Crippen molar-refractivity contribution >= 4 is 34.4 Å². The summed E-state index contributed by atoms with van der Waals surface area (Å²) in [4.78, 5) is 55.9. The first-order valence-electron chi connectivity index (χ1n) is 11.8. The van der Waals surface area contributed by atoms with Gasteiger partial charge in [0.05, 0.1) is 11.1 Å². The lowest BCUT2D eigenvalue weighted by molar-refractivity contribution is -0.124. The van der Waals surface area contributed by atoms with Crippen molar-refractivity contribution in [1.29, 1.82) is 0 Å². The molecule has 1 aliphatic heterocycles. The first-order valence-corrected chi connectivity index (χ1v) is 11.8. The molecule has 8 nitrogen and oxygen atoms in total. The molecule has 188 valence electrons. The molecule has 3 aromatic rings.